The van der Waals surface area contributed by atoms with Crippen LogP contribution >= 0.6 is 11.6 Å². The van der Waals surface area contributed by atoms with Gasteiger partial charge in [-0.25, -0.2) is 4.39 Å². The topological polar surface area (TPSA) is 41.9 Å². The van der Waals surface area contributed by atoms with E-state index in [9.17, 15) is 9.50 Å². The highest BCUT2D eigenvalue weighted by atomic mass is 35.5. The van der Waals surface area contributed by atoms with Gasteiger partial charge in [-0.1, -0.05) is 30.2 Å². The van der Waals surface area contributed by atoms with Crippen molar-refractivity contribution in [3.05, 3.63) is 63.9 Å². The van der Waals surface area contributed by atoms with Crippen LogP contribution < -0.4 is 9.47 Å². The van der Waals surface area contributed by atoms with Gasteiger partial charge in [0.05, 0.1) is 17.5 Å². The zero-order chi connectivity index (χ0) is 22.8. The van der Waals surface area contributed by atoms with Gasteiger partial charge in [-0.3, -0.25) is 4.90 Å². The van der Waals surface area contributed by atoms with Crippen molar-refractivity contribution in [2.75, 3.05) is 20.2 Å². The number of piperidine rings is 1. The molecule has 1 heterocycles. The summed E-state index contributed by atoms with van der Waals surface area (Å²) in [7, 11) is 1.56. The summed E-state index contributed by atoms with van der Waals surface area (Å²) in [5.41, 5.74) is 2.55. The van der Waals surface area contributed by atoms with Gasteiger partial charge in [-0.15, -0.1) is 0 Å². The standard InChI is InChI=1S/C26H29ClFNO3/c1-16-22(17(2)29-13-5-4-6-14-29)25(30)20-11-12-21(31-3)24(27)23(20)26(16)32-15-18-7-9-19(28)10-8-18/h7-12,17,30H,4-6,13-15H2,1-3H3. The van der Waals surface area contributed by atoms with Crippen LogP contribution in [0, 0.1) is 12.7 Å². The summed E-state index contributed by atoms with van der Waals surface area (Å²) in [5.74, 6) is 1.08. The van der Waals surface area contributed by atoms with Crippen LogP contribution in [0.4, 0.5) is 4.39 Å². The number of benzene rings is 3. The molecule has 32 heavy (non-hydrogen) atoms. The van der Waals surface area contributed by atoms with Gasteiger partial charge in [-0.2, -0.15) is 0 Å². The molecule has 0 radical (unpaired) electrons. The van der Waals surface area contributed by atoms with E-state index in [0.29, 0.717) is 27.3 Å². The second-order valence-corrected chi connectivity index (χ2v) is 8.79. The fourth-order valence-electron chi connectivity index (χ4n) is 4.68. The Morgan fingerprint density at radius 2 is 1.78 bits per heavy atom. The summed E-state index contributed by atoms with van der Waals surface area (Å²) in [6, 6.07) is 9.86. The van der Waals surface area contributed by atoms with Gasteiger partial charge in [0.15, 0.2) is 0 Å². The normalized spacial score (nSPS) is 15.7. The molecule has 0 spiro atoms. The Labute approximate surface area is 193 Å². The number of rotatable bonds is 6. The first-order chi connectivity index (χ1) is 15.4. The van der Waals surface area contributed by atoms with Crippen molar-refractivity contribution >= 4 is 22.4 Å². The molecule has 1 atom stereocenters. The lowest BCUT2D eigenvalue weighted by atomic mass is 9.92. The minimum Gasteiger partial charge on any atom is -0.507 e. The van der Waals surface area contributed by atoms with Crippen LogP contribution in [0.25, 0.3) is 10.8 Å². The minimum absolute atomic E-state index is 0.0359. The molecule has 0 aromatic heterocycles. The summed E-state index contributed by atoms with van der Waals surface area (Å²) in [6.45, 7) is 6.37. The molecule has 3 aromatic carbocycles. The Hall–Kier alpha value is -2.50. The molecule has 1 unspecified atom stereocenters. The van der Waals surface area contributed by atoms with Gasteiger partial charge in [0.25, 0.3) is 0 Å². The third-order valence-corrected chi connectivity index (χ3v) is 6.84. The number of halogens is 2. The van der Waals surface area contributed by atoms with Gasteiger partial charge in [0.1, 0.15) is 29.7 Å². The number of hydrogen-bond acceptors (Lipinski definition) is 4. The van der Waals surface area contributed by atoms with Crippen LogP contribution in [0.5, 0.6) is 17.2 Å². The molecule has 1 N–H and O–H groups in total. The Kier molecular flexibility index (Phi) is 6.77. The molecule has 4 nitrogen and oxygen atoms in total. The third kappa shape index (κ3) is 4.24. The van der Waals surface area contributed by atoms with Crippen molar-refractivity contribution in [3.63, 3.8) is 0 Å². The van der Waals surface area contributed by atoms with E-state index in [1.165, 1.54) is 18.6 Å². The van der Waals surface area contributed by atoms with E-state index in [0.717, 1.165) is 42.6 Å². The van der Waals surface area contributed by atoms with Gasteiger partial charge in [0.2, 0.25) is 0 Å². The molecule has 4 rings (SSSR count). The van der Waals surface area contributed by atoms with E-state index in [4.69, 9.17) is 21.1 Å². The number of methoxy groups -OCH3 is 1. The Morgan fingerprint density at radius 1 is 1.09 bits per heavy atom. The van der Waals surface area contributed by atoms with Gasteiger partial charge in [0, 0.05) is 22.6 Å². The largest absolute Gasteiger partial charge is 0.507 e. The van der Waals surface area contributed by atoms with Crippen LogP contribution in [-0.4, -0.2) is 30.2 Å². The number of nitrogens with zero attached hydrogens (tertiary/aromatic N) is 1. The van der Waals surface area contributed by atoms with Crippen molar-refractivity contribution in [2.24, 2.45) is 0 Å². The molecule has 6 heteroatoms. The van der Waals surface area contributed by atoms with E-state index < -0.39 is 0 Å². The molecule has 0 saturated carbocycles. The molecular weight excluding hydrogens is 429 g/mol. The number of phenolic OH excluding ortho intramolecular Hbond substituents is 1. The summed E-state index contributed by atoms with van der Waals surface area (Å²) < 4.78 is 25.0. The van der Waals surface area contributed by atoms with Crippen molar-refractivity contribution in [3.8, 4) is 17.2 Å². The number of hydrogen-bond donors (Lipinski definition) is 1. The SMILES string of the molecule is COc1ccc2c(O)c(C(C)N3CCCCC3)c(C)c(OCc3ccc(F)cc3)c2c1Cl. The van der Waals surface area contributed by atoms with Crippen molar-refractivity contribution in [1.29, 1.82) is 0 Å². The third-order valence-electron chi connectivity index (χ3n) is 6.46. The first-order valence-corrected chi connectivity index (χ1v) is 11.4. The van der Waals surface area contributed by atoms with Crippen LogP contribution in [0.15, 0.2) is 36.4 Å². The molecule has 0 bridgehead atoms. The number of ether oxygens (including phenoxy) is 2. The average Bonchev–Trinajstić information content (AvgIpc) is 2.81. The maximum atomic E-state index is 13.3. The van der Waals surface area contributed by atoms with E-state index in [1.54, 1.807) is 25.3 Å². The molecule has 1 fully saturated rings. The molecule has 1 aliphatic heterocycles. The molecule has 3 aromatic rings. The minimum atomic E-state index is -0.287. The van der Waals surface area contributed by atoms with Gasteiger partial charge in [-0.05, 0) is 69.6 Å². The first kappa shape index (κ1) is 22.7. The monoisotopic (exact) mass is 457 g/mol. The Morgan fingerprint density at radius 3 is 2.44 bits per heavy atom. The highest BCUT2D eigenvalue weighted by molar-refractivity contribution is 6.38. The number of phenols is 1. The van der Waals surface area contributed by atoms with E-state index in [1.807, 2.05) is 13.0 Å². The van der Waals surface area contributed by atoms with E-state index in [2.05, 4.69) is 11.8 Å². The Bertz CT molecular complexity index is 1110. The molecule has 170 valence electrons. The van der Waals surface area contributed by atoms with E-state index in [-0.39, 0.29) is 24.2 Å². The van der Waals surface area contributed by atoms with Crippen LogP contribution in [0.2, 0.25) is 5.02 Å². The van der Waals surface area contributed by atoms with Crippen molar-refractivity contribution in [1.82, 2.24) is 4.90 Å². The first-order valence-electron chi connectivity index (χ1n) is 11.0. The molecule has 0 aliphatic carbocycles. The van der Waals surface area contributed by atoms with Gasteiger partial charge < -0.3 is 14.6 Å². The number of aromatic hydroxyl groups is 1. The summed E-state index contributed by atoms with van der Waals surface area (Å²) in [4.78, 5) is 2.41. The highest BCUT2D eigenvalue weighted by Gasteiger charge is 2.28. The Balaban J connectivity index is 1.84. The maximum absolute atomic E-state index is 13.3. The smallest absolute Gasteiger partial charge is 0.138 e. The lowest BCUT2D eigenvalue weighted by Gasteiger charge is -2.34. The van der Waals surface area contributed by atoms with Crippen LogP contribution in [0.3, 0.4) is 0 Å². The molecule has 1 aliphatic rings. The van der Waals surface area contributed by atoms with Crippen LogP contribution in [0.1, 0.15) is 48.9 Å². The van der Waals surface area contributed by atoms with Crippen LogP contribution in [-0.2, 0) is 6.61 Å². The summed E-state index contributed by atoms with van der Waals surface area (Å²) in [5, 5.41) is 13.0. The predicted molar refractivity (Wildman–Crippen MR) is 126 cm³/mol. The fourth-order valence-corrected chi connectivity index (χ4v) is 5.01. The predicted octanol–water partition coefficient (Wildman–Crippen LogP) is 6.78. The summed E-state index contributed by atoms with van der Waals surface area (Å²) >= 11 is 6.70. The lowest BCUT2D eigenvalue weighted by Crippen LogP contribution is -2.32. The maximum Gasteiger partial charge on any atom is 0.138 e. The van der Waals surface area contributed by atoms with Crippen molar-refractivity contribution < 1.29 is 19.0 Å². The fraction of sp³-hybridized carbons (Fsp3) is 0.385. The zero-order valence-electron chi connectivity index (χ0n) is 18.8. The quantitative estimate of drug-likeness (QED) is 0.443. The number of likely N-dealkylation sites (tertiary alicyclic amines) is 1. The van der Waals surface area contributed by atoms with Gasteiger partial charge >= 0.3 is 0 Å². The van der Waals surface area contributed by atoms with Crippen molar-refractivity contribution in [2.45, 2.75) is 45.8 Å². The summed E-state index contributed by atoms with van der Waals surface area (Å²) in [6.07, 6.45) is 3.57. The van der Waals surface area contributed by atoms with E-state index >= 15 is 0 Å². The molecule has 0 amide bonds. The second-order valence-electron chi connectivity index (χ2n) is 8.41. The lowest BCUT2D eigenvalue weighted by molar-refractivity contribution is 0.171. The molecule has 1 saturated heterocycles. The molecular formula is C26H29ClFNO3. The average molecular weight is 458 g/mol. The number of fused-ring (bicyclic) bond motifs is 1. The second kappa shape index (κ2) is 9.55. The zero-order valence-corrected chi connectivity index (χ0v) is 19.5. The highest BCUT2D eigenvalue weighted by Crippen LogP contribution is 2.49.